The Labute approximate surface area is 296 Å². The maximum atomic E-state index is 5.22. The first-order valence-corrected chi connectivity index (χ1v) is 17.1. The zero-order chi connectivity index (χ0) is 34.1. The van der Waals surface area contributed by atoms with Crippen LogP contribution in [0.2, 0.25) is 0 Å². The van der Waals surface area contributed by atoms with Crippen LogP contribution in [0.3, 0.4) is 0 Å². The van der Waals surface area contributed by atoms with Crippen molar-refractivity contribution >= 4 is 21.5 Å². The van der Waals surface area contributed by atoms with Crippen LogP contribution in [-0.2, 0) is 0 Å². The largest absolute Gasteiger partial charge is 0.258 e. The molecular weight excluding hydrogens is 621 g/mol. The van der Waals surface area contributed by atoms with E-state index in [4.69, 9.17) is 9.97 Å². The van der Waals surface area contributed by atoms with Crippen LogP contribution in [0.15, 0.2) is 176 Å². The molecule has 0 bridgehead atoms. The minimum absolute atomic E-state index is 0.676. The van der Waals surface area contributed by atoms with Crippen LogP contribution >= 0.6 is 0 Å². The molecule has 0 amide bonds. The lowest BCUT2D eigenvalue weighted by Crippen LogP contribution is -1.97. The standard InChI is InChI=1S/C47H32N4/c1-31-29-49-46(30-48-31)35-22-20-32(21-23-35)37-24-38(43-27-36-16-8-9-17-40(36)41-18-10-11-19-42(41)43)26-39(25-37)47-50-44(33-12-4-2-5-13-33)28-45(51-47)34-14-6-3-7-15-34/h2-30H,1H3. The predicted molar refractivity (Wildman–Crippen MR) is 210 cm³/mol. The summed E-state index contributed by atoms with van der Waals surface area (Å²) in [7, 11) is 0. The van der Waals surface area contributed by atoms with Crippen LogP contribution in [0.5, 0.6) is 0 Å². The van der Waals surface area contributed by atoms with E-state index in [1.807, 2.05) is 25.3 Å². The van der Waals surface area contributed by atoms with Gasteiger partial charge in [0.2, 0.25) is 0 Å². The molecule has 0 atom stereocenters. The molecule has 7 aromatic carbocycles. The van der Waals surface area contributed by atoms with Crippen molar-refractivity contribution in [3.63, 3.8) is 0 Å². The second kappa shape index (κ2) is 12.9. The first kappa shape index (κ1) is 30.3. The van der Waals surface area contributed by atoms with Gasteiger partial charge in [-0.25, -0.2) is 9.97 Å². The summed E-state index contributed by atoms with van der Waals surface area (Å²) in [6.07, 6.45) is 3.63. The maximum Gasteiger partial charge on any atom is 0.160 e. The van der Waals surface area contributed by atoms with E-state index in [2.05, 4.69) is 162 Å². The van der Waals surface area contributed by atoms with Crippen molar-refractivity contribution in [2.24, 2.45) is 0 Å². The lowest BCUT2D eigenvalue weighted by molar-refractivity contribution is 1.12. The summed E-state index contributed by atoms with van der Waals surface area (Å²) in [6.45, 7) is 1.95. The van der Waals surface area contributed by atoms with Crippen LogP contribution in [0.1, 0.15) is 5.69 Å². The van der Waals surface area contributed by atoms with Crippen molar-refractivity contribution in [1.82, 2.24) is 19.9 Å². The third-order valence-electron chi connectivity index (χ3n) is 9.43. The fourth-order valence-corrected chi connectivity index (χ4v) is 6.84. The van der Waals surface area contributed by atoms with Crippen molar-refractivity contribution in [3.05, 3.63) is 182 Å². The van der Waals surface area contributed by atoms with Crippen molar-refractivity contribution in [1.29, 1.82) is 0 Å². The number of aromatic nitrogens is 4. The van der Waals surface area contributed by atoms with E-state index >= 15 is 0 Å². The summed E-state index contributed by atoms with van der Waals surface area (Å²) in [5.74, 6) is 0.676. The Morgan fingerprint density at radius 2 is 0.902 bits per heavy atom. The van der Waals surface area contributed by atoms with Crippen LogP contribution in [-0.4, -0.2) is 19.9 Å². The molecule has 51 heavy (non-hydrogen) atoms. The molecule has 0 fully saturated rings. The van der Waals surface area contributed by atoms with Gasteiger partial charge in [0.25, 0.3) is 0 Å². The first-order valence-electron chi connectivity index (χ1n) is 17.1. The van der Waals surface area contributed by atoms with Gasteiger partial charge >= 0.3 is 0 Å². The summed E-state index contributed by atoms with van der Waals surface area (Å²) < 4.78 is 0. The Morgan fingerprint density at radius 3 is 1.57 bits per heavy atom. The molecule has 0 aliphatic heterocycles. The third-order valence-corrected chi connectivity index (χ3v) is 9.43. The van der Waals surface area contributed by atoms with Crippen molar-refractivity contribution in [2.75, 3.05) is 0 Å². The van der Waals surface area contributed by atoms with E-state index in [0.29, 0.717) is 5.82 Å². The second-order valence-corrected chi connectivity index (χ2v) is 12.8. The van der Waals surface area contributed by atoms with E-state index < -0.39 is 0 Å². The normalized spacial score (nSPS) is 11.2. The Kier molecular flexibility index (Phi) is 7.67. The molecule has 240 valence electrons. The smallest absolute Gasteiger partial charge is 0.160 e. The third kappa shape index (κ3) is 5.94. The van der Waals surface area contributed by atoms with Gasteiger partial charge in [0.1, 0.15) is 0 Å². The Bertz CT molecular complexity index is 2610. The number of hydrogen-bond donors (Lipinski definition) is 0. The molecule has 0 unspecified atom stereocenters. The zero-order valence-corrected chi connectivity index (χ0v) is 28.0. The van der Waals surface area contributed by atoms with Gasteiger partial charge in [-0.2, -0.15) is 0 Å². The van der Waals surface area contributed by atoms with Crippen LogP contribution in [0.25, 0.3) is 89.0 Å². The highest BCUT2D eigenvalue weighted by atomic mass is 14.9. The summed E-state index contributed by atoms with van der Waals surface area (Å²) in [6, 6.07) is 57.7. The molecule has 2 heterocycles. The molecule has 9 aromatic rings. The first-order chi connectivity index (χ1) is 25.2. The molecule has 2 aromatic heterocycles. The van der Waals surface area contributed by atoms with Crippen LogP contribution in [0, 0.1) is 6.92 Å². The van der Waals surface area contributed by atoms with Crippen LogP contribution in [0.4, 0.5) is 0 Å². The molecule has 0 saturated heterocycles. The van der Waals surface area contributed by atoms with Gasteiger partial charge in [0, 0.05) is 28.5 Å². The van der Waals surface area contributed by atoms with Gasteiger partial charge in [-0.3, -0.25) is 9.97 Å². The Hall–Kier alpha value is -6.78. The van der Waals surface area contributed by atoms with E-state index in [-0.39, 0.29) is 0 Å². The quantitative estimate of drug-likeness (QED) is 0.168. The fraction of sp³-hybridized carbons (Fsp3) is 0.0213. The molecule has 4 heteroatoms. The van der Waals surface area contributed by atoms with E-state index in [1.165, 1.54) is 27.1 Å². The average Bonchev–Trinajstić information content (AvgIpc) is 3.21. The molecule has 0 aliphatic carbocycles. The lowest BCUT2D eigenvalue weighted by atomic mass is 9.90. The monoisotopic (exact) mass is 652 g/mol. The zero-order valence-electron chi connectivity index (χ0n) is 28.0. The van der Waals surface area contributed by atoms with Gasteiger partial charge in [-0.05, 0) is 81.1 Å². The lowest BCUT2D eigenvalue weighted by Gasteiger charge is -2.15. The van der Waals surface area contributed by atoms with Gasteiger partial charge in [-0.1, -0.05) is 133 Å². The molecule has 0 N–H and O–H groups in total. The molecule has 0 aliphatic rings. The van der Waals surface area contributed by atoms with E-state index in [9.17, 15) is 0 Å². The van der Waals surface area contributed by atoms with Gasteiger partial charge in [-0.15, -0.1) is 0 Å². The fourth-order valence-electron chi connectivity index (χ4n) is 6.84. The molecular formula is C47H32N4. The average molecular weight is 653 g/mol. The minimum Gasteiger partial charge on any atom is -0.258 e. The number of nitrogens with zero attached hydrogens (tertiary/aromatic N) is 4. The summed E-state index contributed by atoms with van der Waals surface area (Å²) in [4.78, 5) is 19.5. The molecule has 0 saturated carbocycles. The maximum absolute atomic E-state index is 5.22. The number of rotatable bonds is 6. The number of aryl methyl sites for hydroxylation is 1. The summed E-state index contributed by atoms with van der Waals surface area (Å²) in [5.41, 5.74) is 12.0. The van der Waals surface area contributed by atoms with Crippen molar-refractivity contribution in [2.45, 2.75) is 6.92 Å². The Morgan fingerprint density at radius 1 is 0.353 bits per heavy atom. The van der Waals surface area contributed by atoms with Gasteiger partial charge in [0.05, 0.1) is 29.0 Å². The Balaban J connectivity index is 1.27. The minimum atomic E-state index is 0.676. The number of hydrogen-bond acceptors (Lipinski definition) is 4. The molecule has 0 radical (unpaired) electrons. The highest BCUT2D eigenvalue weighted by molar-refractivity contribution is 6.14. The molecule has 9 rings (SSSR count). The van der Waals surface area contributed by atoms with E-state index in [0.717, 1.165) is 61.7 Å². The summed E-state index contributed by atoms with van der Waals surface area (Å²) >= 11 is 0. The highest BCUT2D eigenvalue weighted by Crippen LogP contribution is 2.39. The van der Waals surface area contributed by atoms with Gasteiger partial charge < -0.3 is 0 Å². The SMILES string of the molecule is Cc1cnc(-c2ccc(-c3cc(-c4nc(-c5ccccc5)cc(-c5ccccc5)n4)cc(-c4cc5ccccc5c5ccccc45)c3)cc2)cn1. The van der Waals surface area contributed by atoms with Gasteiger partial charge in [0.15, 0.2) is 5.82 Å². The van der Waals surface area contributed by atoms with Crippen LogP contribution < -0.4 is 0 Å². The highest BCUT2D eigenvalue weighted by Gasteiger charge is 2.16. The number of fused-ring (bicyclic) bond motifs is 3. The summed E-state index contributed by atoms with van der Waals surface area (Å²) in [5, 5.41) is 4.89. The number of benzene rings is 7. The van der Waals surface area contributed by atoms with Crippen molar-refractivity contribution in [3.8, 4) is 67.4 Å². The van der Waals surface area contributed by atoms with E-state index in [1.54, 1.807) is 6.20 Å². The topological polar surface area (TPSA) is 51.6 Å². The predicted octanol–water partition coefficient (Wildman–Crippen LogP) is 11.9. The second-order valence-electron chi connectivity index (χ2n) is 12.8. The molecule has 0 spiro atoms. The van der Waals surface area contributed by atoms with Crippen molar-refractivity contribution < 1.29 is 0 Å². The molecule has 4 nitrogen and oxygen atoms in total.